The Bertz CT molecular complexity index is 1440. The molecule has 0 spiro atoms. The van der Waals surface area contributed by atoms with Gasteiger partial charge in [0.05, 0.1) is 11.1 Å². The highest BCUT2D eigenvalue weighted by atomic mass is 16.5. The Balaban J connectivity index is 1.23. The molecule has 3 heterocycles. The predicted octanol–water partition coefficient (Wildman–Crippen LogP) is 6.06. The van der Waals surface area contributed by atoms with Crippen LogP contribution < -0.4 is 9.47 Å². The number of fused-ring (bicyclic) bond motifs is 4. The topological polar surface area (TPSA) is 43.7 Å². The molecule has 0 aliphatic carbocycles. The average Bonchev–Trinajstić information content (AvgIpc) is 3.42. The van der Waals surface area contributed by atoms with E-state index in [1.54, 1.807) is 0 Å². The third-order valence-electron chi connectivity index (χ3n) is 6.91. The van der Waals surface area contributed by atoms with Crippen LogP contribution in [0.4, 0.5) is 0 Å². The highest BCUT2D eigenvalue weighted by Crippen LogP contribution is 2.42. The summed E-state index contributed by atoms with van der Waals surface area (Å²) in [5.41, 5.74) is 5.07. The lowest BCUT2D eigenvalue weighted by Gasteiger charge is -2.29. The molecule has 0 radical (unpaired) electrons. The molecule has 0 saturated heterocycles. The Morgan fingerprint density at radius 2 is 1.83 bits per heavy atom. The summed E-state index contributed by atoms with van der Waals surface area (Å²) in [7, 11) is 0. The SMILES string of the molecule is CCn1cc(/C=C2\Oc3c(ccc4c3CN(CCCc3ccccc3)CO4)C2=O)c2ccccc21. The third-order valence-corrected chi connectivity index (χ3v) is 6.91. The summed E-state index contributed by atoms with van der Waals surface area (Å²) in [6, 6.07) is 22.5. The van der Waals surface area contributed by atoms with Gasteiger partial charge < -0.3 is 14.0 Å². The number of carbonyl (C=O) groups is 1. The number of para-hydroxylation sites is 1. The van der Waals surface area contributed by atoms with Crippen LogP contribution in [0, 0.1) is 0 Å². The molecule has 2 aliphatic heterocycles. The molecule has 0 amide bonds. The van der Waals surface area contributed by atoms with Crippen LogP contribution in [0.2, 0.25) is 0 Å². The number of ketones is 1. The minimum atomic E-state index is -0.0719. The summed E-state index contributed by atoms with van der Waals surface area (Å²) >= 11 is 0. The smallest absolute Gasteiger partial charge is 0.231 e. The number of aromatic nitrogens is 1. The Hall–Kier alpha value is -3.83. The standard InChI is InChI=1S/C30H28N2O3/c1-2-32-18-22(23-12-6-7-13-26(23)32)17-28-29(33)24-14-15-27-25(30(24)35-28)19-31(20-34-27)16-8-11-21-9-4-3-5-10-21/h3-7,9-10,12-15,17-18H,2,8,11,16,19-20H2,1H3/b28-17-. The number of benzene rings is 3. The predicted molar refractivity (Wildman–Crippen MR) is 138 cm³/mol. The van der Waals surface area contributed by atoms with Gasteiger partial charge in [0.1, 0.15) is 18.2 Å². The van der Waals surface area contributed by atoms with Crippen molar-refractivity contribution in [1.82, 2.24) is 9.47 Å². The van der Waals surface area contributed by atoms with Crippen molar-refractivity contribution >= 4 is 22.8 Å². The van der Waals surface area contributed by atoms with Gasteiger partial charge in [-0.1, -0.05) is 48.5 Å². The van der Waals surface area contributed by atoms with E-state index in [2.05, 4.69) is 59.0 Å². The number of hydrogen-bond acceptors (Lipinski definition) is 4. The van der Waals surface area contributed by atoms with Gasteiger partial charge in [-0.15, -0.1) is 0 Å². The molecule has 0 unspecified atom stereocenters. The van der Waals surface area contributed by atoms with Crippen molar-refractivity contribution in [2.75, 3.05) is 13.3 Å². The van der Waals surface area contributed by atoms with Crippen LogP contribution in [0.5, 0.6) is 11.5 Å². The van der Waals surface area contributed by atoms with Gasteiger partial charge in [-0.25, -0.2) is 0 Å². The maximum atomic E-state index is 13.3. The van der Waals surface area contributed by atoms with Gasteiger partial charge in [0.2, 0.25) is 5.78 Å². The Morgan fingerprint density at radius 1 is 1.00 bits per heavy atom. The maximum absolute atomic E-state index is 13.3. The zero-order valence-electron chi connectivity index (χ0n) is 19.9. The fourth-order valence-electron chi connectivity index (χ4n) is 5.09. The first kappa shape index (κ1) is 21.7. The Kier molecular flexibility index (Phi) is 5.63. The van der Waals surface area contributed by atoms with Gasteiger partial charge in [-0.2, -0.15) is 0 Å². The summed E-state index contributed by atoms with van der Waals surface area (Å²) in [4.78, 5) is 15.5. The van der Waals surface area contributed by atoms with E-state index in [9.17, 15) is 4.79 Å². The zero-order chi connectivity index (χ0) is 23.8. The van der Waals surface area contributed by atoms with E-state index in [1.165, 1.54) is 5.56 Å². The van der Waals surface area contributed by atoms with Crippen LogP contribution in [0.3, 0.4) is 0 Å². The third kappa shape index (κ3) is 4.02. The summed E-state index contributed by atoms with van der Waals surface area (Å²) < 4.78 is 14.5. The average molecular weight is 465 g/mol. The molecule has 4 aromatic rings. The molecule has 0 bridgehead atoms. The van der Waals surface area contributed by atoms with Crippen LogP contribution in [0.1, 0.15) is 40.4 Å². The molecule has 5 heteroatoms. The number of rotatable bonds is 6. The first-order valence-corrected chi connectivity index (χ1v) is 12.3. The van der Waals surface area contributed by atoms with Gasteiger partial charge in [0, 0.05) is 42.3 Å². The Morgan fingerprint density at radius 3 is 2.69 bits per heavy atom. The van der Waals surface area contributed by atoms with Crippen molar-refractivity contribution in [1.29, 1.82) is 0 Å². The molecule has 6 rings (SSSR count). The monoisotopic (exact) mass is 464 g/mol. The van der Waals surface area contributed by atoms with Crippen molar-refractivity contribution in [3.63, 3.8) is 0 Å². The van der Waals surface area contributed by atoms with Crippen molar-refractivity contribution in [3.05, 3.63) is 101 Å². The number of hydrogen-bond donors (Lipinski definition) is 0. The van der Waals surface area contributed by atoms with E-state index < -0.39 is 0 Å². The van der Waals surface area contributed by atoms with Gasteiger partial charge in [-0.05, 0) is 49.6 Å². The van der Waals surface area contributed by atoms with Crippen LogP contribution in [-0.2, 0) is 19.5 Å². The fraction of sp³-hybridized carbons (Fsp3) is 0.233. The second-order valence-electron chi connectivity index (χ2n) is 9.16. The van der Waals surface area contributed by atoms with Gasteiger partial charge in [0.25, 0.3) is 0 Å². The highest BCUT2D eigenvalue weighted by Gasteiger charge is 2.33. The Labute approximate surface area is 205 Å². The minimum Gasteiger partial charge on any atom is -0.478 e. The molecule has 35 heavy (non-hydrogen) atoms. The number of Topliss-reactive ketones (excluding diaryl/α,β-unsaturated/α-hetero) is 1. The molecule has 0 fully saturated rings. The van der Waals surface area contributed by atoms with Crippen LogP contribution in [0.25, 0.3) is 17.0 Å². The number of ether oxygens (including phenoxy) is 2. The number of nitrogens with zero attached hydrogens (tertiary/aromatic N) is 2. The molecule has 5 nitrogen and oxygen atoms in total. The van der Waals surface area contributed by atoms with Crippen molar-refractivity contribution in [2.45, 2.75) is 32.9 Å². The van der Waals surface area contributed by atoms with Gasteiger partial charge in [0.15, 0.2) is 5.76 Å². The van der Waals surface area contributed by atoms with Crippen LogP contribution >= 0.6 is 0 Å². The summed E-state index contributed by atoms with van der Waals surface area (Å²) in [6.07, 6.45) is 6.05. The molecule has 0 saturated carbocycles. The zero-order valence-corrected chi connectivity index (χ0v) is 19.9. The van der Waals surface area contributed by atoms with Gasteiger partial charge >= 0.3 is 0 Å². The lowest BCUT2D eigenvalue weighted by molar-refractivity contribution is 0.0928. The first-order valence-electron chi connectivity index (χ1n) is 12.3. The molecule has 176 valence electrons. The van der Waals surface area contributed by atoms with E-state index in [0.29, 0.717) is 30.3 Å². The van der Waals surface area contributed by atoms with Crippen molar-refractivity contribution in [2.24, 2.45) is 0 Å². The number of aryl methyl sites for hydroxylation is 2. The molecule has 1 aromatic heterocycles. The largest absolute Gasteiger partial charge is 0.478 e. The van der Waals surface area contributed by atoms with Gasteiger partial charge in [-0.3, -0.25) is 9.69 Å². The van der Waals surface area contributed by atoms with Crippen molar-refractivity contribution < 1.29 is 14.3 Å². The first-order chi connectivity index (χ1) is 17.2. The lowest BCUT2D eigenvalue weighted by atomic mass is 10.0. The second-order valence-corrected chi connectivity index (χ2v) is 9.16. The lowest BCUT2D eigenvalue weighted by Crippen LogP contribution is -2.33. The quantitative estimate of drug-likeness (QED) is 0.325. The van der Waals surface area contributed by atoms with Crippen LogP contribution in [0.15, 0.2) is 78.7 Å². The summed E-state index contributed by atoms with van der Waals surface area (Å²) in [6.45, 7) is 5.17. The molecular formula is C30H28N2O3. The normalized spacial score (nSPS) is 16.3. The van der Waals surface area contributed by atoms with E-state index >= 15 is 0 Å². The molecule has 2 aliphatic rings. The fourth-order valence-corrected chi connectivity index (χ4v) is 5.09. The minimum absolute atomic E-state index is 0.0719. The number of allylic oxidation sites excluding steroid dienone is 1. The second kappa shape index (κ2) is 9.08. The number of carbonyl (C=O) groups excluding carboxylic acids is 1. The van der Waals surface area contributed by atoms with Crippen molar-refractivity contribution in [3.8, 4) is 11.5 Å². The van der Waals surface area contributed by atoms with E-state index in [1.807, 2.05) is 36.4 Å². The van der Waals surface area contributed by atoms with E-state index in [0.717, 1.165) is 53.7 Å². The molecular weight excluding hydrogens is 436 g/mol. The molecule has 0 N–H and O–H groups in total. The maximum Gasteiger partial charge on any atom is 0.231 e. The molecule has 3 aromatic carbocycles. The highest BCUT2D eigenvalue weighted by molar-refractivity contribution is 6.15. The van der Waals surface area contributed by atoms with E-state index in [4.69, 9.17) is 9.47 Å². The summed E-state index contributed by atoms with van der Waals surface area (Å²) in [5.74, 6) is 1.75. The van der Waals surface area contributed by atoms with E-state index in [-0.39, 0.29) is 5.78 Å². The summed E-state index contributed by atoms with van der Waals surface area (Å²) in [5, 5.41) is 1.11. The van der Waals surface area contributed by atoms with Crippen LogP contribution in [-0.4, -0.2) is 28.5 Å². The molecule has 0 atom stereocenters.